The Labute approximate surface area is 77.7 Å². The van der Waals surface area contributed by atoms with E-state index < -0.39 is 8.13 Å². The Hall–Kier alpha value is 1.38. The van der Waals surface area contributed by atoms with Gasteiger partial charge in [0.15, 0.2) is 4.33 Å². The lowest BCUT2D eigenvalue weighted by Crippen LogP contribution is -2.26. The molecule has 0 saturated carbocycles. The molecule has 0 bridgehead atoms. The molecule has 0 nitrogen and oxygen atoms in total. The Morgan fingerprint density at radius 3 is 1.00 bits per heavy atom. The van der Waals surface area contributed by atoms with Crippen molar-refractivity contribution in [3.05, 3.63) is 0 Å². The van der Waals surface area contributed by atoms with Crippen LogP contribution in [0.1, 0.15) is 6.92 Å². The van der Waals surface area contributed by atoms with Crippen LogP contribution in [0.5, 0.6) is 0 Å². The van der Waals surface area contributed by atoms with Gasteiger partial charge in [0.1, 0.15) is 0 Å². The first-order valence-corrected chi connectivity index (χ1v) is 3.58. The fourth-order valence-corrected chi connectivity index (χ4v) is 0. The zero-order valence-electron chi connectivity index (χ0n) is 4.30. The SMILES string of the molecule is CC(Cl)(Cl)C(Cl)(Cl)Cl.F. The molecule has 0 aliphatic heterocycles. The summed E-state index contributed by atoms with van der Waals surface area (Å²) in [4.78, 5) is 0. The quantitative estimate of drug-likeness (QED) is 0.562. The molecule has 0 heterocycles. The van der Waals surface area contributed by atoms with E-state index >= 15 is 0 Å². The van der Waals surface area contributed by atoms with Crippen LogP contribution in [-0.4, -0.2) is 8.13 Å². The molecule has 0 amide bonds. The number of alkyl halides is 5. The molecule has 0 spiro atoms. The summed E-state index contributed by atoms with van der Waals surface area (Å²) < 4.78 is -2.94. The van der Waals surface area contributed by atoms with Crippen LogP contribution in [-0.2, 0) is 0 Å². The molecule has 58 valence electrons. The highest BCUT2D eigenvalue weighted by Crippen LogP contribution is 2.45. The summed E-state index contributed by atoms with van der Waals surface area (Å²) >= 11 is 26.6. The molecule has 6 heteroatoms. The van der Waals surface area contributed by atoms with E-state index in [9.17, 15) is 0 Å². The van der Waals surface area contributed by atoms with Gasteiger partial charge in [0.25, 0.3) is 0 Å². The summed E-state index contributed by atoms with van der Waals surface area (Å²) in [6.07, 6.45) is 0. The Morgan fingerprint density at radius 2 is 1.00 bits per heavy atom. The standard InChI is InChI=1S/C3H3Cl5.FH/c1-2(4,5)3(6,7)8;/h1H3;1H. The molecule has 0 radical (unpaired) electrons. The van der Waals surface area contributed by atoms with E-state index in [1.165, 1.54) is 6.92 Å². The summed E-state index contributed by atoms with van der Waals surface area (Å²) in [6.45, 7) is 1.41. The highest BCUT2D eigenvalue weighted by Gasteiger charge is 2.41. The lowest BCUT2D eigenvalue weighted by Gasteiger charge is -2.21. The Morgan fingerprint density at radius 1 is 0.889 bits per heavy atom. The third-order valence-electron chi connectivity index (χ3n) is 0.498. The third-order valence-corrected chi connectivity index (χ3v) is 2.78. The molecule has 0 aliphatic carbocycles. The van der Waals surface area contributed by atoms with Crippen LogP contribution in [0.2, 0.25) is 0 Å². The first kappa shape index (κ1) is 13.0. The second-order valence-corrected chi connectivity index (χ2v) is 5.37. The van der Waals surface area contributed by atoms with Crippen molar-refractivity contribution in [3.8, 4) is 0 Å². The van der Waals surface area contributed by atoms with Gasteiger partial charge in [-0.15, -0.1) is 0 Å². The van der Waals surface area contributed by atoms with Crippen molar-refractivity contribution in [2.24, 2.45) is 0 Å². The summed E-state index contributed by atoms with van der Waals surface area (Å²) in [5.74, 6) is 0. The molecular weight excluding hydrogens is 232 g/mol. The van der Waals surface area contributed by atoms with Crippen molar-refractivity contribution in [3.63, 3.8) is 0 Å². The van der Waals surface area contributed by atoms with Crippen molar-refractivity contribution >= 4 is 58.0 Å². The van der Waals surface area contributed by atoms with Crippen LogP contribution in [0.3, 0.4) is 0 Å². The van der Waals surface area contributed by atoms with Crippen LogP contribution in [0.4, 0.5) is 4.70 Å². The zero-order valence-corrected chi connectivity index (χ0v) is 8.08. The van der Waals surface area contributed by atoms with Crippen LogP contribution in [0.25, 0.3) is 0 Å². The van der Waals surface area contributed by atoms with E-state index in [0.29, 0.717) is 0 Å². The minimum absolute atomic E-state index is 0. The number of hydrogen-bond acceptors (Lipinski definition) is 0. The van der Waals surface area contributed by atoms with E-state index in [0.717, 1.165) is 0 Å². The molecule has 0 aromatic carbocycles. The highest BCUT2D eigenvalue weighted by atomic mass is 35.6. The number of rotatable bonds is 0. The van der Waals surface area contributed by atoms with Crippen LogP contribution in [0, 0.1) is 0 Å². The van der Waals surface area contributed by atoms with Crippen molar-refractivity contribution in [1.82, 2.24) is 0 Å². The molecular formula is C3H4Cl5F. The van der Waals surface area contributed by atoms with E-state index in [2.05, 4.69) is 0 Å². The van der Waals surface area contributed by atoms with Gasteiger partial charge in [-0.05, 0) is 6.92 Å². The Kier molecular flexibility index (Phi) is 5.32. The van der Waals surface area contributed by atoms with E-state index in [1.807, 2.05) is 0 Å². The molecule has 0 N–H and O–H groups in total. The molecule has 0 aliphatic rings. The summed E-state index contributed by atoms with van der Waals surface area (Å²) in [5, 5.41) is 0. The topological polar surface area (TPSA) is 0 Å². The normalized spacial score (nSPS) is 12.7. The van der Waals surface area contributed by atoms with Gasteiger partial charge >= 0.3 is 0 Å². The molecule has 0 aromatic heterocycles. The van der Waals surface area contributed by atoms with Gasteiger partial charge in [0, 0.05) is 0 Å². The van der Waals surface area contributed by atoms with Crippen LogP contribution < -0.4 is 0 Å². The Balaban J connectivity index is 0. The minimum Gasteiger partial charge on any atom is -0.269 e. The maximum Gasteiger partial charge on any atom is 0.222 e. The zero-order chi connectivity index (χ0) is 7.00. The third kappa shape index (κ3) is 4.74. The fourth-order valence-electron chi connectivity index (χ4n) is 0. The van der Waals surface area contributed by atoms with Crippen LogP contribution in [0.15, 0.2) is 0 Å². The van der Waals surface area contributed by atoms with Gasteiger partial charge < -0.3 is 0 Å². The van der Waals surface area contributed by atoms with Gasteiger partial charge in [-0.2, -0.15) is 0 Å². The lowest BCUT2D eigenvalue weighted by molar-refractivity contribution is 0.895. The summed E-state index contributed by atoms with van der Waals surface area (Å²) in [7, 11) is 0. The van der Waals surface area contributed by atoms with Gasteiger partial charge in [0.05, 0.1) is 0 Å². The van der Waals surface area contributed by atoms with Gasteiger partial charge in [-0.25, -0.2) is 0 Å². The summed E-state index contributed by atoms with van der Waals surface area (Å²) in [5.41, 5.74) is 0. The monoisotopic (exact) mass is 234 g/mol. The molecule has 0 saturated heterocycles. The molecule has 0 fully saturated rings. The molecule has 0 rings (SSSR count). The van der Waals surface area contributed by atoms with E-state index in [4.69, 9.17) is 58.0 Å². The first-order valence-electron chi connectivity index (χ1n) is 1.69. The predicted octanol–water partition coefficient (Wildman–Crippen LogP) is 3.70. The molecule has 0 unspecified atom stereocenters. The van der Waals surface area contributed by atoms with E-state index in [1.54, 1.807) is 0 Å². The first-order chi connectivity index (χ1) is 3.25. The fraction of sp³-hybridized carbons (Fsp3) is 1.00. The number of halogens is 6. The maximum absolute atomic E-state index is 5.38. The summed E-state index contributed by atoms with van der Waals surface area (Å²) in [6, 6.07) is 0. The molecule has 9 heavy (non-hydrogen) atoms. The smallest absolute Gasteiger partial charge is 0.222 e. The van der Waals surface area contributed by atoms with E-state index in [-0.39, 0.29) is 4.70 Å². The van der Waals surface area contributed by atoms with Gasteiger partial charge in [-0.1, -0.05) is 58.0 Å². The van der Waals surface area contributed by atoms with Crippen molar-refractivity contribution in [2.75, 3.05) is 0 Å². The number of hydrogen-bond donors (Lipinski definition) is 0. The van der Waals surface area contributed by atoms with Crippen molar-refractivity contribution in [2.45, 2.75) is 15.0 Å². The van der Waals surface area contributed by atoms with Gasteiger partial charge in [-0.3, -0.25) is 4.70 Å². The van der Waals surface area contributed by atoms with Gasteiger partial charge in [0.2, 0.25) is 3.79 Å². The lowest BCUT2D eigenvalue weighted by atomic mass is 10.5. The highest BCUT2D eigenvalue weighted by molar-refractivity contribution is 6.75. The van der Waals surface area contributed by atoms with Crippen molar-refractivity contribution < 1.29 is 4.70 Å². The average Bonchev–Trinajstić information content (AvgIpc) is 1.25. The van der Waals surface area contributed by atoms with Crippen molar-refractivity contribution in [1.29, 1.82) is 0 Å². The molecule has 0 atom stereocenters. The second kappa shape index (κ2) is 3.68. The predicted molar refractivity (Wildman–Crippen MR) is 42.9 cm³/mol. The minimum atomic E-state index is -1.61. The maximum atomic E-state index is 5.38. The Bertz CT molecular complexity index is 67.2. The van der Waals surface area contributed by atoms with Crippen LogP contribution >= 0.6 is 58.0 Å². The average molecular weight is 236 g/mol. The largest absolute Gasteiger partial charge is 0.269 e. The molecule has 0 aromatic rings. The second-order valence-electron chi connectivity index (χ2n) is 1.39.